The number of hydrogen-bond acceptors (Lipinski definition) is 3. The van der Waals surface area contributed by atoms with E-state index in [1.54, 1.807) is 26.2 Å². The van der Waals surface area contributed by atoms with Gasteiger partial charge in [-0.1, -0.05) is 28.1 Å². The molecule has 0 unspecified atom stereocenters. The second-order valence-electron chi connectivity index (χ2n) is 4.71. The Morgan fingerprint density at radius 3 is 2.62 bits per heavy atom. The standard InChI is InChI=1S/C17H17BrO3/c1-12(19)14-6-7-17(20-2)15(9-14)11-21-10-13-4-3-5-16(18)8-13/h3-9H,10-11H2,1-2H3. The summed E-state index contributed by atoms with van der Waals surface area (Å²) in [6, 6.07) is 13.4. The number of rotatable bonds is 6. The average molecular weight is 349 g/mol. The van der Waals surface area contributed by atoms with Crippen LogP contribution in [0.4, 0.5) is 0 Å². The molecular formula is C17H17BrO3. The van der Waals surface area contributed by atoms with Gasteiger partial charge in [0.05, 0.1) is 20.3 Å². The molecule has 0 aliphatic rings. The van der Waals surface area contributed by atoms with Gasteiger partial charge in [0.25, 0.3) is 0 Å². The third kappa shape index (κ3) is 4.41. The largest absolute Gasteiger partial charge is 0.496 e. The number of methoxy groups -OCH3 is 1. The summed E-state index contributed by atoms with van der Waals surface area (Å²) in [7, 11) is 1.61. The van der Waals surface area contributed by atoms with Gasteiger partial charge < -0.3 is 9.47 Å². The molecule has 2 aromatic rings. The lowest BCUT2D eigenvalue weighted by molar-refractivity contribution is 0.101. The van der Waals surface area contributed by atoms with Gasteiger partial charge in [0.15, 0.2) is 5.78 Å². The van der Waals surface area contributed by atoms with Crippen LogP contribution >= 0.6 is 15.9 Å². The first kappa shape index (κ1) is 15.7. The van der Waals surface area contributed by atoms with Crippen molar-refractivity contribution in [1.29, 1.82) is 0 Å². The number of hydrogen-bond donors (Lipinski definition) is 0. The first-order valence-corrected chi connectivity index (χ1v) is 7.39. The van der Waals surface area contributed by atoms with Crippen LogP contribution in [0, 0.1) is 0 Å². The molecule has 0 bridgehead atoms. The van der Waals surface area contributed by atoms with E-state index in [2.05, 4.69) is 15.9 Å². The van der Waals surface area contributed by atoms with Gasteiger partial charge in [0.2, 0.25) is 0 Å². The van der Waals surface area contributed by atoms with Gasteiger partial charge in [-0.3, -0.25) is 4.79 Å². The van der Waals surface area contributed by atoms with Crippen molar-refractivity contribution in [3.05, 3.63) is 63.6 Å². The summed E-state index contributed by atoms with van der Waals surface area (Å²) in [5, 5.41) is 0. The monoisotopic (exact) mass is 348 g/mol. The Bertz CT molecular complexity index is 638. The Morgan fingerprint density at radius 2 is 1.95 bits per heavy atom. The van der Waals surface area contributed by atoms with Gasteiger partial charge in [-0.05, 0) is 42.8 Å². The molecule has 0 saturated carbocycles. The Morgan fingerprint density at radius 1 is 1.14 bits per heavy atom. The smallest absolute Gasteiger partial charge is 0.159 e. The topological polar surface area (TPSA) is 35.5 Å². The zero-order valence-electron chi connectivity index (χ0n) is 12.1. The maximum Gasteiger partial charge on any atom is 0.159 e. The van der Waals surface area contributed by atoms with Crippen LogP contribution in [0.1, 0.15) is 28.4 Å². The lowest BCUT2D eigenvalue weighted by Gasteiger charge is -2.11. The molecule has 0 aliphatic heterocycles. The summed E-state index contributed by atoms with van der Waals surface area (Å²) in [6.07, 6.45) is 0. The van der Waals surface area contributed by atoms with Gasteiger partial charge in [-0.15, -0.1) is 0 Å². The van der Waals surface area contributed by atoms with Gasteiger partial charge in [-0.2, -0.15) is 0 Å². The lowest BCUT2D eigenvalue weighted by Crippen LogP contribution is -2.00. The Kier molecular flexibility index (Phi) is 5.53. The fourth-order valence-corrected chi connectivity index (χ4v) is 2.46. The molecule has 4 heteroatoms. The van der Waals surface area contributed by atoms with Crippen molar-refractivity contribution in [1.82, 2.24) is 0 Å². The molecule has 0 aromatic heterocycles. The molecule has 0 N–H and O–H groups in total. The second-order valence-corrected chi connectivity index (χ2v) is 5.62. The van der Waals surface area contributed by atoms with Crippen molar-refractivity contribution >= 4 is 21.7 Å². The van der Waals surface area contributed by atoms with Crippen molar-refractivity contribution in [3.63, 3.8) is 0 Å². The highest BCUT2D eigenvalue weighted by Crippen LogP contribution is 2.22. The normalized spacial score (nSPS) is 10.4. The van der Waals surface area contributed by atoms with Gasteiger partial charge in [-0.25, -0.2) is 0 Å². The molecule has 110 valence electrons. The molecule has 0 atom stereocenters. The number of carbonyl (C=O) groups excluding carboxylic acids is 1. The molecule has 2 aromatic carbocycles. The molecule has 0 aliphatic carbocycles. The molecule has 2 rings (SSSR count). The maximum absolute atomic E-state index is 11.4. The predicted octanol–water partition coefficient (Wildman–Crippen LogP) is 4.38. The van der Waals surface area contributed by atoms with E-state index in [1.807, 2.05) is 30.3 Å². The second kappa shape index (κ2) is 7.38. The van der Waals surface area contributed by atoms with Crippen LogP contribution in [0.2, 0.25) is 0 Å². The van der Waals surface area contributed by atoms with Crippen LogP contribution in [-0.2, 0) is 18.0 Å². The molecule has 0 amide bonds. The summed E-state index contributed by atoms with van der Waals surface area (Å²) in [5.41, 5.74) is 2.63. The van der Waals surface area contributed by atoms with E-state index in [1.165, 1.54) is 0 Å². The van der Waals surface area contributed by atoms with Crippen LogP contribution in [0.3, 0.4) is 0 Å². The summed E-state index contributed by atoms with van der Waals surface area (Å²) >= 11 is 3.43. The summed E-state index contributed by atoms with van der Waals surface area (Å²) < 4.78 is 12.1. The third-order valence-electron chi connectivity index (χ3n) is 3.10. The van der Waals surface area contributed by atoms with Crippen molar-refractivity contribution in [3.8, 4) is 5.75 Å². The quantitative estimate of drug-likeness (QED) is 0.726. The number of carbonyl (C=O) groups is 1. The summed E-state index contributed by atoms with van der Waals surface area (Å²) in [4.78, 5) is 11.4. The Balaban J connectivity index is 2.05. The number of benzene rings is 2. The highest BCUT2D eigenvalue weighted by Gasteiger charge is 2.07. The number of Topliss-reactive ketones (excluding diaryl/α,β-unsaturated/α-hetero) is 1. The molecule has 21 heavy (non-hydrogen) atoms. The molecule has 0 heterocycles. The first-order valence-electron chi connectivity index (χ1n) is 6.60. The van der Waals surface area contributed by atoms with Gasteiger partial charge in [0, 0.05) is 15.6 Å². The number of ether oxygens (including phenoxy) is 2. The van der Waals surface area contributed by atoms with Crippen LogP contribution in [0.25, 0.3) is 0 Å². The maximum atomic E-state index is 11.4. The molecule has 0 fully saturated rings. The van der Waals surface area contributed by atoms with E-state index in [0.717, 1.165) is 21.3 Å². The molecule has 0 spiro atoms. The zero-order chi connectivity index (χ0) is 15.2. The SMILES string of the molecule is COc1ccc(C(C)=O)cc1COCc1cccc(Br)c1. The molecule has 0 saturated heterocycles. The number of halogens is 1. The first-order chi connectivity index (χ1) is 10.1. The minimum atomic E-state index is 0.0332. The highest BCUT2D eigenvalue weighted by molar-refractivity contribution is 9.10. The van der Waals surface area contributed by atoms with Crippen molar-refractivity contribution in [2.75, 3.05) is 7.11 Å². The van der Waals surface area contributed by atoms with Crippen molar-refractivity contribution in [2.45, 2.75) is 20.1 Å². The van der Waals surface area contributed by atoms with E-state index < -0.39 is 0 Å². The van der Waals surface area contributed by atoms with Gasteiger partial charge in [0.1, 0.15) is 5.75 Å². The Labute approximate surface area is 133 Å². The highest BCUT2D eigenvalue weighted by atomic mass is 79.9. The van der Waals surface area contributed by atoms with E-state index in [-0.39, 0.29) is 5.78 Å². The summed E-state index contributed by atoms with van der Waals surface area (Å²) in [5.74, 6) is 0.764. The van der Waals surface area contributed by atoms with Gasteiger partial charge >= 0.3 is 0 Å². The van der Waals surface area contributed by atoms with Crippen molar-refractivity contribution < 1.29 is 14.3 Å². The summed E-state index contributed by atoms with van der Waals surface area (Å²) in [6.45, 7) is 2.46. The lowest BCUT2D eigenvalue weighted by atomic mass is 10.1. The predicted molar refractivity (Wildman–Crippen MR) is 85.6 cm³/mol. The van der Waals surface area contributed by atoms with Crippen LogP contribution in [0.5, 0.6) is 5.75 Å². The zero-order valence-corrected chi connectivity index (χ0v) is 13.6. The Hall–Kier alpha value is -1.65. The molecular weight excluding hydrogens is 332 g/mol. The minimum absolute atomic E-state index is 0.0332. The van der Waals surface area contributed by atoms with E-state index in [9.17, 15) is 4.79 Å². The van der Waals surface area contributed by atoms with Crippen LogP contribution < -0.4 is 4.74 Å². The van der Waals surface area contributed by atoms with Crippen LogP contribution in [0.15, 0.2) is 46.9 Å². The van der Waals surface area contributed by atoms with Crippen molar-refractivity contribution in [2.24, 2.45) is 0 Å². The number of ketones is 1. The molecule has 0 radical (unpaired) electrons. The fourth-order valence-electron chi connectivity index (χ4n) is 2.02. The third-order valence-corrected chi connectivity index (χ3v) is 3.60. The van der Waals surface area contributed by atoms with E-state index in [4.69, 9.17) is 9.47 Å². The van der Waals surface area contributed by atoms with Crippen LogP contribution in [-0.4, -0.2) is 12.9 Å². The average Bonchev–Trinajstić information content (AvgIpc) is 2.47. The molecule has 3 nitrogen and oxygen atoms in total. The fraction of sp³-hybridized carbons (Fsp3) is 0.235. The van der Waals surface area contributed by atoms with E-state index >= 15 is 0 Å². The minimum Gasteiger partial charge on any atom is -0.496 e. The van der Waals surface area contributed by atoms with E-state index in [0.29, 0.717) is 18.8 Å².